The molecule has 2 aliphatic rings. The van der Waals surface area contributed by atoms with Crippen LogP contribution in [0.5, 0.6) is 0 Å². The summed E-state index contributed by atoms with van der Waals surface area (Å²) in [6.45, 7) is 2.24. The lowest BCUT2D eigenvalue weighted by Crippen LogP contribution is -2.54. The highest BCUT2D eigenvalue weighted by atomic mass is 32.2. The first-order chi connectivity index (χ1) is 18.6. The lowest BCUT2D eigenvalue weighted by atomic mass is 10.0. The summed E-state index contributed by atoms with van der Waals surface area (Å²) >= 11 is 0. The van der Waals surface area contributed by atoms with E-state index in [-0.39, 0.29) is 40.8 Å². The van der Waals surface area contributed by atoms with Crippen molar-refractivity contribution < 1.29 is 8.42 Å². The Balaban J connectivity index is 1.40. The Bertz CT molecular complexity index is 1310. The van der Waals surface area contributed by atoms with Crippen molar-refractivity contribution >= 4 is 39.4 Å². The summed E-state index contributed by atoms with van der Waals surface area (Å²) in [4.78, 5) is 22.0. The second kappa shape index (κ2) is 11.2. The highest BCUT2D eigenvalue weighted by Gasteiger charge is 2.29. The predicted octanol–water partition coefficient (Wildman–Crippen LogP) is -0.460. The van der Waals surface area contributed by atoms with Gasteiger partial charge in [-0.2, -0.15) is 15.0 Å². The molecule has 0 bridgehead atoms. The van der Waals surface area contributed by atoms with Crippen LogP contribution in [0, 0.1) is 0 Å². The van der Waals surface area contributed by atoms with Gasteiger partial charge in [-0.05, 0) is 49.2 Å². The lowest BCUT2D eigenvalue weighted by Gasteiger charge is -2.37. The highest BCUT2D eigenvalue weighted by molar-refractivity contribution is 7.92. The number of hydrogen-bond acceptors (Lipinski definition) is 13. The largest absolute Gasteiger partial charge is 0.338 e. The molecule has 4 unspecified atom stereocenters. The molecule has 2 saturated heterocycles. The molecule has 0 saturated carbocycles. The van der Waals surface area contributed by atoms with Crippen LogP contribution < -0.4 is 42.8 Å². The Morgan fingerprint density at radius 2 is 1.28 bits per heavy atom. The zero-order valence-corrected chi connectivity index (χ0v) is 22.2. The first-order valence-corrected chi connectivity index (χ1v) is 14.2. The van der Waals surface area contributed by atoms with Crippen LogP contribution in [0.4, 0.5) is 29.4 Å². The number of sulfonamides is 1. The van der Waals surface area contributed by atoms with Crippen LogP contribution in [0.3, 0.4) is 0 Å². The quantitative estimate of drug-likeness (QED) is 0.218. The molecular formula is C24H34N12O2S. The number of piperidine rings is 2. The highest BCUT2D eigenvalue weighted by Crippen LogP contribution is 2.24. The van der Waals surface area contributed by atoms with Gasteiger partial charge in [-0.1, -0.05) is 6.07 Å². The molecule has 1 aromatic carbocycles. The van der Waals surface area contributed by atoms with Crippen molar-refractivity contribution in [1.82, 2.24) is 19.9 Å². The van der Waals surface area contributed by atoms with Gasteiger partial charge >= 0.3 is 0 Å². The average Bonchev–Trinajstić information content (AvgIpc) is 2.88. The second-order valence-electron chi connectivity index (χ2n) is 10.1. The summed E-state index contributed by atoms with van der Waals surface area (Å²) in [5.74, 6) is 1.41. The average molecular weight is 555 g/mol. The minimum absolute atomic E-state index is 0.0864. The summed E-state index contributed by atoms with van der Waals surface area (Å²) in [6.07, 6.45) is 2.96. The normalized spacial score (nSPS) is 23.9. The van der Waals surface area contributed by atoms with E-state index in [0.717, 1.165) is 12.8 Å². The molecule has 2 aromatic heterocycles. The van der Waals surface area contributed by atoms with Gasteiger partial charge in [0.15, 0.2) is 0 Å². The van der Waals surface area contributed by atoms with Crippen molar-refractivity contribution in [1.29, 1.82) is 0 Å². The zero-order valence-electron chi connectivity index (χ0n) is 21.4. The molecule has 2 fully saturated rings. The van der Waals surface area contributed by atoms with E-state index in [4.69, 9.17) is 27.9 Å². The number of aromatic nitrogens is 4. The minimum Gasteiger partial charge on any atom is -0.338 e. The van der Waals surface area contributed by atoms with Crippen molar-refractivity contribution in [2.24, 2.45) is 22.9 Å². The lowest BCUT2D eigenvalue weighted by molar-refractivity contribution is 0.441. The van der Waals surface area contributed by atoms with Crippen molar-refractivity contribution in [3.8, 4) is 0 Å². The fourth-order valence-corrected chi connectivity index (χ4v) is 5.85. The first kappa shape index (κ1) is 27.0. The Morgan fingerprint density at radius 1 is 0.744 bits per heavy atom. The number of nitrogens with two attached hydrogens (primary N) is 4. The molecule has 3 aromatic rings. The van der Waals surface area contributed by atoms with Crippen LogP contribution in [-0.4, -0.2) is 78.7 Å². The molecule has 2 aliphatic heterocycles. The third kappa shape index (κ3) is 6.69. The molecule has 10 N–H and O–H groups in total. The fraction of sp³-hybridized carbons (Fsp3) is 0.417. The predicted molar refractivity (Wildman–Crippen MR) is 150 cm³/mol. The van der Waals surface area contributed by atoms with Crippen molar-refractivity contribution in [3.05, 3.63) is 48.7 Å². The molecule has 208 valence electrons. The van der Waals surface area contributed by atoms with Gasteiger partial charge in [0, 0.05) is 62.2 Å². The maximum Gasteiger partial charge on any atom is 0.263 e. The summed E-state index contributed by atoms with van der Waals surface area (Å²) in [7, 11) is -3.81. The van der Waals surface area contributed by atoms with Crippen LogP contribution in [0.1, 0.15) is 12.8 Å². The summed E-state index contributed by atoms with van der Waals surface area (Å²) in [5.41, 5.74) is 25.5. The number of pyridine rings is 1. The summed E-state index contributed by atoms with van der Waals surface area (Å²) < 4.78 is 28.0. The molecule has 5 rings (SSSR count). The van der Waals surface area contributed by atoms with Crippen molar-refractivity contribution in [2.75, 3.05) is 46.0 Å². The van der Waals surface area contributed by atoms with E-state index in [0.29, 0.717) is 43.8 Å². The van der Waals surface area contributed by atoms with Crippen LogP contribution in [0.25, 0.3) is 0 Å². The second-order valence-corrected chi connectivity index (χ2v) is 11.7. The third-order valence-electron chi connectivity index (χ3n) is 6.53. The van der Waals surface area contributed by atoms with Crippen LogP contribution in [0.2, 0.25) is 0 Å². The number of nitrogens with one attached hydrogen (secondary N) is 2. The Labute approximate surface area is 227 Å². The van der Waals surface area contributed by atoms with E-state index in [1.165, 1.54) is 18.3 Å². The number of hydrogen-bond donors (Lipinski definition) is 6. The molecular weight excluding hydrogens is 520 g/mol. The standard InChI is InChI=1S/C24H34N12O2S/c25-15-9-16(26)12-35(11-15)23-31-22(32-24(33-23)36-13-17(27)10-18(28)14-36)30-19-4-6-20(7-5-19)39(37,38)34-21-3-1-2-8-29-21/h1-8,15-18H,9-14,25-28H2,(H,29,34)(H,30,31,32,33). The van der Waals surface area contributed by atoms with Gasteiger partial charge in [0.1, 0.15) is 5.82 Å². The maximum absolute atomic E-state index is 12.8. The fourth-order valence-electron chi connectivity index (χ4n) is 4.84. The molecule has 0 aliphatic carbocycles. The van der Waals surface area contributed by atoms with Gasteiger partial charge in [0.2, 0.25) is 17.8 Å². The molecule has 14 nitrogen and oxygen atoms in total. The number of rotatable bonds is 7. The van der Waals surface area contributed by atoms with E-state index in [1.54, 1.807) is 30.3 Å². The SMILES string of the molecule is NC1CC(N)CN(c2nc(Nc3ccc(S(=O)(=O)Nc4ccccn4)cc3)nc(N3CC(N)CC(N)C3)n2)C1. The summed E-state index contributed by atoms with van der Waals surface area (Å²) in [6, 6.07) is 10.8. The molecule has 15 heteroatoms. The van der Waals surface area contributed by atoms with Gasteiger partial charge in [0.05, 0.1) is 4.90 Å². The van der Waals surface area contributed by atoms with Gasteiger partial charge in [-0.15, -0.1) is 0 Å². The molecule has 4 heterocycles. The maximum atomic E-state index is 12.8. The van der Waals surface area contributed by atoms with Crippen molar-refractivity contribution in [3.63, 3.8) is 0 Å². The van der Waals surface area contributed by atoms with Crippen LogP contribution >= 0.6 is 0 Å². The van der Waals surface area contributed by atoms with Crippen LogP contribution in [0.15, 0.2) is 53.6 Å². The van der Waals surface area contributed by atoms with Gasteiger partial charge in [-0.25, -0.2) is 13.4 Å². The van der Waals surface area contributed by atoms with Crippen molar-refractivity contribution in [2.45, 2.75) is 41.9 Å². The third-order valence-corrected chi connectivity index (χ3v) is 7.90. The smallest absolute Gasteiger partial charge is 0.263 e. The van der Waals surface area contributed by atoms with E-state index >= 15 is 0 Å². The Hall–Kier alpha value is -3.63. The van der Waals surface area contributed by atoms with Gasteiger partial charge in [-0.3, -0.25) is 4.72 Å². The molecule has 4 atom stereocenters. The molecule has 0 radical (unpaired) electrons. The van der Waals surface area contributed by atoms with Gasteiger partial charge in [0.25, 0.3) is 10.0 Å². The zero-order chi connectivity index (χ0) is 27.6. The van der Waals surface area contributed by atoms with Crippen LogP contribution in [-0.2, 0) is 10.0 Å². The van der Waals surface area contributed by atoms with E-state index in [9.17, 15) is 8.42 Å². The van der Waals surface area contributed by atoms with E-state index in [1.807, 2.05) is 9.80 Å². The van der Waals surface area contributed by atoms with Gasteiger partial charge < -0.3 is 38.1 Å². The molecule has 0 amide bonds. The first-order valence-electron chi connectivity index (χ1n) is 12.7. The monoisotopic (exact) mass is 554 g/mol. The summed E-state index contributed by atoms with van der Waals surface area (Å²) in [5, 5.41) is 3.17. The number of anilines is 5. The minimum atomic E-state index is -3.81. The molecule has 0 spiro atoms. The van der Waals surface area contributed by atoms with E-state index in [2.05, 4.69) is 25.0 Å². The Kier molecular flexibility index (Phi) is 7.76. The van der Waals surface area contributed by atoms with E-state index < -0.39 is 10.0 Å². The molecule has 39 heavy (non-hydrogen) atoms. The topological polar surface area (TPSA) is 220 Å². The Morgan fingerprint density at radius 3 is 1.77 bits per heavy atom. The number of benzene rings is 1. The number of nitrogens with zero attached hydrogens (tertiary/aromatic N) is 6.